The van der Waals surface area contributed by atoms with Crippen LogP contribution in [0.1, 0.15) is 6.42 Å². The van der Waals surface area contributed by atoms with E-state index in [2.05, 4.69) is 10.2 Å². The lowest BCUT2D eigenvalue weighted by atomic mass is 10.1. The third kappa shape index (κ3) is 3.17. The van der Waals surface area contributed by atoms with Crippen LogP contribution in [0.2, 0.25) is 0 Å². The molecule has 0 aliphatic carbocycles. The highest BCUT2D eigenvalue weighted by Crippen LogP contribution is 2.37. The Morgan fingerprint density at radius 3 is 2.56 bits per heavy atom. The van der Waals surface area contributed by atoms with Crippen molar-refractivity contribution in [3.05, 3.63) is 54.3 Å². The Hall–Kier alpha value is -2.60. The summed E-state index contributed by atoms with van der Waals surface area (Å²) in [7, 11) is 0. The molecule has 2 aromatic rings. The molecule has 25 heavy (non-hydrogen) atoms. The number of anilines is 3. The Balaban J connectivity index is 1.60. The predicted octanol–water partition coefficient (Wildman–Crippen LogP) is 3.28. The Morgan fingerprint density at radius 1 is 1.08 bits per heavy atom. The number of ether oxygens (including phenoxy) is 1. The van der Waals surface area contributed by atoms with Gasteiger partial charge >= 0.3 is 6.03 Å². The average Bonchev–Trinajstić information content (AvgIpc) is 3.14. The minimum absolute atomic E-state index is 0.0785. The molecule has 1 N–H and O–H groups in total. The standard InChI is InChI=1S/C19H20FN3O2/c20-14-5-7-16(8-6-14)22-10-11-23(18-4-2-1-3-17(18)22)19(24)21-15-9-12-25-13-15/h1-8,15H,9-13H2,(H,21,24). The first-order chi connectivity index (χ1) is 12.2. The van der Waals surface area contributed by atoms with Crippen LogP contribution in [0.15, 0.2) is 48.5 Å². The zero-order valence-corrected chi connectivity index (χ0v) is 13.8. The minimum Gasteiger partial charge on any atom is -0.379 e. The number of nitrogens with one attached hydrogen (secondary N) is 1. The molecule has 0 spiro atoms. The van der Waals surface area contributed by atoms with Gasteiger partial charge in [-0.2, -0.15) is 0 Å². The minimum atomic E-state index is -0.256. The first-order valence-electron chi connectivity index (χ1n) is 8.50. The van der Waals surface area contributed by atoms with E-state index in [1.807, 2.05) is 24.3 Å². The Labute approximate surface area is 146 Å². The number of carbonyl (C=O) groups excluding carboxylic acids is 1. The molecule has 2 aliphatic heterocycles. The summed E-state index contributed by atoms with van der Waals surface area (Å²) in [5.74, 6) is -0.256. The second-order valence-corrected chi connectivity index (χ2v) is 6.28. The van der Waals surface area contributed by atoms with Crippen molar-refractivity contribution >= 4 is 23.1 Å². The van der Waals surface area contributed by atoms with Gasteiger partial charge in [0, 0.05) is 25.4 Å². The van der Waals surface area contributed by atoms with Crippen molar-refractivity contribution in [2.45, 2.75) is 12.5 Å². The summed E-state index contributed by atoms with van der Waals surface area (Å²) in [5.41, 5.74) is 2.71. The van der Waals surface area contributed by atoms with Gasteiger partial charge in [-0.25, -0.2) is 9.18 Å². The summed E-state index contributed by atoms with van der Waals surface area (Å²) in [6.45, 7) is 2.48. The molecule has 2 heterocycles. The molecule has 1 saturated heterocycles. The third-order valence-electron chi connectivity index (χ3n) is 4.65. The van der Waals surface area contributed by atoms with Crippen molar-refractivity contribution < 1.29 is 13.9 Å². The second-order valence-electron chi connectivity index (χ2n) is 6.28. The Kier molecular flexibility index (Phi) is 4.28. The molecule has 130 valence electrons. The number of carbonyl (C=O) groups is 1. The molecule has 2 aromatic carbocycles. The van der Waals surface area contributed by atoms with Gasteiger partial charge in [-0.1, -0.05) is 12.1 Å². The van der Waals surface area contributed by atoms with Crippen LogP contribution in [0.5, 0.6) is 0 Å². The van der Waals surface area contributed by atoms with Crippen molar-refractivity contribution in [2.24, 2.45) is 0 Å². The van der Waals surface area contributed by atoms with E-state index >= 15 is 0 Å². The molecule has 1 fully saturated rings. The van der Waals surface area contributed by atoms with Crippen LogP contribution in [0.3, 0.4) is 0 Å². The van der Waals surface area contributed by atoms with Gasteiger partial charge in [0.2, 0.25) is 0 Å². The van der Waals surface area contributed by atoms with Crippen molar-refractivity contribution in [3.63, 3.8) is 0 Å². The van der Waals surface area contributed by atoms with E-state index < -0.39 is 0 Å². The smallest absolute Gasteiger partial charge is 0.322 e. The normalized spacial score (nSPS) is 19.6. The van der Waals surface area contributed by atoms with Crippen molar-refractivity contribution in [2.75, 3.05) is 36.1 Å². The second kappa shape index (κ2) is 6.72. The highest BCUT2D eigenvalue weighted by molar-refractivity contribution is 5.98. The molecule has 0 radical (unpaired) electrons. The van der Waals surface area contributed by atoms with E-state index in [1.165, 1.54) is 12.1 Å². The van der Waals surface area contributed by atoms with Gasteiger partial charge in [0.05, 0.1) is 24.0 Å². The molecule has 6 heteroatoms. The van der Waals surface area contributed by atoms with Gasteiger partial charge < -0.3 is 15.0 Å². The number of benzene rings is 2. The molecular weight excluding hydrogens is 321 g/mol. The number of para-hydroxylation sites is 2. The van der Waals surface area contributed by atoms with Crippen LogP contribution >= 0.6 is 0 Å². The summed E-state index contributed by atoms with van der Waals surface area (Å²) in [6.07, 6.45) is 0.850. The Morgan fingerprint density at radius 2 is 1.84 bits per heavy atom. The molecule has 1 atom stereocenters. The lowest BCUT2D eigenvalue weighted by Crippen LogP contribution is -2.50. The van der Waals surface area contributed by atoms with Crippen molar-refractivity contribution in [1.29, 1.82) is 0 Å². The first kappa shape index (κ1) is 15.9. The summed E-state index contributed by atoms with van der Waals surface area (Å²) in [6, 6.07) is 14.2. The molecule has 0 bridgehead atoms. The van der Waals surface area contributed by atoms with E-state index in [0.717, 1.165) is 23.5 Å². The quantitative estimate of drug-likeness (QED) is 0.912. The number of rotatable bonds is 2. The fourth-order valence-corrected chi connectivity index (χ4v) is 3.36. The van der Waals surface area contributed by atoms with E-state index in [-0.39, 0.29) is 17.9 Å². The molecule has 2 aliphatic rings. The van der Waals surface area contributed by atoms with Gasteiger partial charge in [-0.05, 0) is 42.8 Å². The summed E-state index contributed by atoms with van der Waals surface area (Å²) < 4.78 is 18.5. The molecule has 0 saturated carbocycles. The van der Waals surface area contributed by atoms with Crippen molar-refractivity contribution in [1.82, 2.24) is 5.32 Å². The molecule has 5 nitrogen and oxygen atoms in total. The molecule has 2 amide bonds. The maximum atomic E-state index is 13.2. The molecule has 4 rings (SSSR count). The van der Waals surface area contributed by atoms with E-state index in [9.17, 15) is 9.18 Å². The topological polar surface area (TPSA) is 44.8 Å². The zero-order chi connectivity index (χ0) is 17.2. The van der Waals surface area contributed by atoms with Crippen LogP contribution in [0.25, 0.3) is 0 Å². The zero-order valence-electron chi connectivity index (χ0n) is 13.8. The molecular formula is C19H20FN3O2. The summed E-state index contributed by atoms with van der Waals surface area (Å²) >= 11 is 0. The van der Waals surface area contributed by atoms with Crippen LogP contribution in [-0.4, -0.2) is 38.4 Å². The van der Waals surface area contributed by atoms with Gasteiger partial charge in [0.25, 0.3) is 0 Å². The predicted molar refractivity (Wildman–Crippen MR) is 94.9 cm³/mol. The average molecular weight is 341 g/mol. The van der Waals surface area contributed by atoms with Crippen LogP contribution in [0.4, 0.5) is 26.2 Å². The lowest BCUT2D eigenvalue weighted by Gasteiger charge is -2.38. The number of halogens is 1. The number of nitrogens with zero attached hydrogens (tertiary/aromatic N) is 2. The maximum absolute atomic E-state index is 13.2. The fraction of sp³-hybridized carbons (Fsp3) is 0.316. The van der Waals surface area contributed by atoms with Gasteiger partial charge in [0.1, 0.15) is 5.82 Å². The highest BCUT2D eigenvalue weighted by atomic mass is 19.1. The van der Waals surface area contributed by atoms with Gasteiger partial charge in [-0.15, -0.1) is 0 Å². The number of hydrogen-bond acceptors (Lipinski definition) is 3. The largest absolute Gasteiger partial charge is 0.379 e. The molecule has 1 unspecified atom stereocenters. The number of fused-ring (bicyclic) bond motifs is 1. The monoisotopic (exact) mass is 341 g/mol. The number of amides is 2. The summed E-state index contributed by atoms with van der Waals surface area (Å²) in [4.78, 5) is 16.6. The lowest BCUT2D eigenvalue weighted by molar-refractivity contribution is 0.189. The van der Waals surface area contributed by atoms with Crippen LogP contribution in [-0.2, 0) is 4.74 Å². The van der Waals surface area contributed by atoms with Gasteiger partial charge in [0.15, 0.2) is 0 Å². The van der Waals surface area contributed by atoms with Crippen LogP contribution < -0.4 is 15.1 Å². The number of hydrogen-bond donors (Lipinski definition) is 1. The SMILES string of the molecule is O=C(NC1CCOC1)N1CCN(c2ccc(F)cc2)c2ccccc21. The fourth-order valence-electron chi connectivity index (χ4n) is 3.36. The number of urea groups is 1. The first-order valence-corrected chi connectivity index (χ1v) is 8.50. The maximum Gasteiger partial charge on any atom is 0.322 e. The molecule has 0 aromatic heterocycles. The van der Waals surface area contributed by atoms with E-state index in [1.54, 1.807) is 17.0 Å². The Bertz CT molecular complexity index is 760. The van der Waals surface area contributed by atoms with E-state index in [0.29, 0.717) is 26.3 Å². The van der Waals surface area contributed by atoms with E-state index in [4.69, 9.17) is 4.74 Å². The van der Waals surface area contributed by atoms with Gasteiger partial charge in [-0.3, -0.25) is 4.90 Å². The summed E-state index contributed by atoms with van der Waals surface area (Å²) in [5, 5.41) is 3.05. The van der Waals surface area contributed by atoms with Crippen LogP contribution in [0, 0.1) is 5.82 Å². The van der Waals surface area contributed by atoms with Crippen molar-refractivity contribution in [3.8, 4) is 0 Å². The third-order valence-corrected chi connectivity index (χ3v) is 4.65. The highest BCUT2D eigenvalue weighted by Gasteiger charge is 2.29.